The van der Waals surface area contributed by atoms with Crippen LogP contribution < -0.4 is 14.2 Å². The van der Waals surface area contributed by atoms with Crippen LogP contribution in [0.25, 0.3) is 175 Å². The summed E-state index contributed by atoms with van der Waals surface area (Å²) in [6.45, 7) is 9.06. The summed E-state index contributed by atoms with van der Waals surface area (Å²) in [6.07, 6.45) is 0. The number of ether oxygens (including phenoxy) is 3. The number of rotatable bonds is 8. The molecule has 0 atom stereocenters. The Balaban J connectivity index is 0.867. The lowest BCUT2D eigenvalue weighted by Crippen LogP contribution is -1.95. The zero-order valence-corrected chi connectivity index (χ0v) is 47.9. The molecule has 0 saturated carbocycles. The van der Waals surface area contributed by atoms with E-state index in [-0.39, 0.29) is 0 Å². The van der Waals surface area contributed by atoms with Crippen molar-refractivity contribution in [2.75, 3.05) is 21.3 Å². The Morgan fingerprint density at radius 2 is 0.583 bits per heavy atom. The van der Waals surface area contributed by atoms with Gasteiger partial charge in [0.05, 0.1) is 21.3 Å². The maximum absolute atomic E-state index is 5.83. The number of fused-ring (bicyclic) bond motifs is 11. The molecule has 0 spiro atoms. The summed E-state index contributed by atoms with van der Waals surface area (Å²) in [7, 11) is 5.23. The molecule has 1 aliphatic rings. The molecule has 0 radical (unpaired) electrons. The largest absolute Gasteiger partial charge is 0.497 e. The molecule has 0 heterocycles. The highest BCUT2D eigenvalue weighted by molar-refractivity contribution is 6.42. The summed E-state index contributed by atoms with van der Waals surface area (Å²) < 4.78 is 17.2. The van der Waals surface area contributed by atoms with Gasteiger partial charge in [0.1, 0.15) is 17.2 Å². The molecule has 84 heavy (non-hydrogen) atoms. The smallest absolute Gasteiger partial charge is 0.121 e. The number of benzene rings is 14. The van der Waals surface area contributed by atoms with Crippen LogP contribution in [0.5, 0.6) is 17.2 Å². The van der Waals surface area contributed by atoms with Crippen molar-refractivity contribution in [1.82, 2.24) is 0 Å². The van der Waals surface area contributed by atoms with Crippen molar-refractivity contribution in [2.45, 2.75) is 27.7 Å². The molecule has 0 aliphatic heterocycles. The molecule has 0 fully saturated rings. The highest BCUT2D eigenvalue weighted by Gasteiger charge is 2.33. The molecular weight excluding hydrogens is 1020 g/mol. The van der Waals surface area contributed by atoms with Crippen LogP contribution >= 0.6 is 0 Å². The van der Waals surface area contributed by atoms with Crippen LogP contribution in [-0.4, -0.2) is 21.3 Å². The van der Waals surface area contributed by atoms with Crippen molar-refractivity contribution in [2.24, 2.45) is 0 Å². The SMILES string of the molecule is COc1ccc(-c2ccc(-c3ccc4c5c(C)c6c7ccc(-c8ccc9c%10c(cccc8%10)-c8c-9c(-c9ccc(OC)c(C)c9)c9ccccc9c8-c8ccc(OC)c(C)c8)c8cccc(c6c(C)c5c5cccc3c54)c87)c3ccccc23)cc1. The van der Waals surface area contributed by atoms with Gasteiger partial charge >= 0.3 is 0 Å². The van der Waals surface area contributed by atoms with Crippen LogP contribution in [0, 0.1) is 27.7 Å². The van der Waals surface area contributed by atoms with E-state index in [0.29, 0.717) is 0 Å². The Morgan fingerprint density at radius 1 is 0.226 bits per heavy atom. The number of methoxy groups -OCH3 is 3. The van der Waals surface area contributed by atoms with E-state index in [0.717, 1.165) is 28.4 Å². The average molecular weight is 1080 g/mol. The summed E-state index contributed by atoms with van der Waals surface area (Å²) in [5.41, 5.74) is 22.2. The monoisotopic (exact) mass is 1080 g/mol. The zero-order chi connectivity index (χ0) is 56.4. The number of aryl methyl sites for hydroxylation is 4. The van der Waals surface area contributed by atoms with E-state index in [4.69, 9.17) is 14.2 Å². The quantitative estimate of drug-likeness (QED) is 0.152. The van der Waals surface area contributed by atoms with Gasteiger partial charge in [0, 0.05) is 0 Å². The van der Waals surface area contributed by atoms with Crippen LogP contribution in [0.2, 0.25) is 0 Å². The fraction of sp³-hybridized carbons (Fsp3) is 0.0864. The molecule has 0 N–H and O–H groups in total. The Bertz CT molecular complexity index is 5360. The number of hydrogen-bond donors (Lipinski definition) is 0. The summed E-state index contributed by atoms with van der Waals surface area (Å²) >= 11 is 0. The lowest BCUT2D eigenvalue weighted by molar-refractivity contribution is 0.411. The molecule has 398 valence electrons. The minimum atomic E-state index is 0.858. The van der Waals surface area contributed by atoms with Crippen LogP contribution in [0.1, 0.15) is 22.3 Å². The van der Waals surface area contributed by atoms with Crippen molar-refractivity contribution in [3.05, 3.63) is 235 Å². The van der Waals surface area contributed by atoms with Gasteiger partial charge in [-0.05, 0) is 261 Å². The minimum Gasteiger partial charge on any atom is -0.497 e. The molecule has 0 aromatic heterocycles. The Hall–Kier alpha value is -10.2. The minimum absolute atomic E-state index is 0.858. The summed E-state index contributed by atoms with van der Waals surface area (Å²) in [5.74, 6) is 2.63. The molecular formula is C81H56O3. The second-order valence-electron chi connectivity index (χ2n) is 23.3. The van der Waals surface area contributed by atoms with Gasteiger partial charge in [0.15, 0.2) is 0 Å². The van der Waals surface area contributed by atoms with Gasteiger partial charge in [0.2, 0.25) is 0 Å². The third kappa shape index (κ3) is 6.47. The summed E-state index contributed by atoms with van der Waals surface area (Å²) in [6, 6.07) is 79.7. The fourth-order valence-electron chi connectivity index (χ4n) is 15.7. The van der Waals surface area contributed by atoms with E-state index < -0.39 is 0 Å². The molecule has 0 amide bonds. The van der Waals surface area contributed by atoms with Gasteiger partial charge in [-0.3, -0.25) is 0 Å². The van der Waals surface area contributed by atoms with Gasteiger partial charge < -0.3 is 14.2 Å². The molecule has 1 aliphatic carbocycles. The van der Waals surface area contributed by atoms with E-state index in [2.05, 4.69) is 228 Å². The van der Waals surface area contributed by atoms with Gasteiger partial charge in [-0.25, -0.2) is 0 Å². The highest BCUT2D eigenvalue weighted by Crippen LogP contribution is 2.60. The van der Waals surface area contributed by atoms with Gasteiger partial charge in [0.25, 0.3) is 0 Å². The first-order valence-electron chi connectivity index (χ1n) is 29.2. The maximum atomic E-state index is 5.83. The van der Waals surface area contributed by atoms with Crippen molar-refractivity contribution in [3.63, 3.8) is 0 Å². The van der Waals surface area contributed by atoms with Gasteiger partial charge in [-0.2, -0.15) is 0 Å². The van der Waals surface area contributed by atoms with Crippen LogP contribution in [0.4, 0.5) is 0 Å². The summed E-state index contributed by atoms with van der Waals surface area (Å²) in [4.78, 5) is 0. The lowest BCUT2D eigenvalue weighted by atomic mass is 9.82. The third-order valence-electron chi connectivity index (χ3n) is 19.2. The van der Waals surface area contributed by atoms with Crippen LogP contribution in [0.3, 0.4) is 0 Å². The molecule has 0 saturated heterocycles. The maximum Gasteiger partial charge on any atom is 0.121 e. The van der Waals surface area contributed by atoms with Crippen molar-refractivity contribution >= 4 is 97.0 Å². The molecule has 16 aromatic carbocycles. The first-order chi connectivity index (χ1) is 41.2. The molecule has 3 heteroatoms. The van der Waals surface area contributed by atoms with Crippen molar-refractivity contribution in [1.29, 1.82) is 0 Å². The molecule has 17 rings (SSSR count). The molecule has 16 aromatic rings. The molecule has 3 nitrogen and oxygen atoms in total. The van der Waals surface area contributed by atoms with E-state index in [9.17, 15) is 0 Å². The van der Waals surface area contributed by atoms with E-state index in [1.54, 1.807) is 21.3 Å². The third-order valence-corrected chi connectivity index (χ3v) is 19.2. The van der Waals surface area contributed by atoms with Crippen molar-refractivity contribution in [3.8, 4) is 95.1 Å². The standard InChI is InChI=1S/C81H56O3/c1-43-41-48(27-39-69(43)83-6)75-61-17-10-11-18-62(61)76(49-28-40-70(84-7)44(2)42-49)81-68-38-35-57(60-21-14-24-65(79(60)68)80(75)81)56-34-37-67-74-46(4)73-66-36-33-55(54-32-31-51(52-15-8-9-16-53(52)54)47-25-29-50(82-5)30-26-47)58-19-12-22-63(77(58)66)71(73)45(3)72(74)64-23-13-20-59(56)78(64)67/h8-42H,1-7H3. The van der Waals surface area contributed by atoms with E-state index >= 15 is 0 Å². The van der Waals surface area contributed by atoms with Gasteiger partial charge in [-0.15, -0.1) is 0 Å². The zero-order valence-electron chi connectivity index (χ0n) is 47.9. The fourth-order valence-corrected chi connectivity index (χ4v) is 15.7. The predicted octanol–water partition coefficient (Wildman–Crippen LogP) is 22.2. The predicted molar refractivity (Wildman–Crippen MR) is 357 cm³/mol. The Labute approximate surface area is 487 Å². The second kappa shape index (κ2) is 17.9. The second-order valence-corrected chi connectivity index (χ2v) is 23.3. The first kappa shape index (κ1) is 48.5. The average Bonchev–Trinajstić information content (AvgIpc) is 2.44. The normalized spacial score (nSPS) is 12.2. The van der Waals surface area contributed by atoms with Crippen LogP contribution in [-0.2, 0) is 0 Å². The summed E-state index contributed by atoms with van der Waals surface area (Å²) in [5, 5.41) is 23.5. The van der Waals surface area contributed by atoms with Crippen LogP contribution in [0.15, 0.2) is 212 Å². The van der Waals surface area contributed by atoms with E-state index in [1.165, 1.54) is 186 Å². The number of hydrogen-bond acceptors (Lipinski definition) is 3. The molecule has 0 bridgehead atoms. The topological polar surface area (TPSA) is 27.7 Å². The highest BCUT2D eigenvalue weighted by atomic mass is 16.5. The lowest BCUT2D eigenvalue weighted by Gasteiger charge is -2.21. The van der Waals surface area contributed by atoms with Crippen molar-refractivity contribution < 1.29 is 14.2 Å². The molecule has 0 unspecified atom stereocenters. The van der Waals surface area contributed by atoms with E-state index in [1.807, 2.05) is 12.1 Å². The Kier molecular flexibility index (Phi) is 10.3. The van der Waals surface area contributed by atoms with Gasteiger partial charge in [-0.1, -0.05) is 176 Å². The first-order valence-corrected chi connectivity index (χ1v) is 29.2. The Morgan fingerprint density at radius 3 is 1.06 bits per heavy atom.